The van der Waals surface area contributed by atoms with Gasteiger partial charge in [0.2, 0.25) is 0 Å². The standard InChI is InChI=1S/C16H18N2O/c1-11-3-2-4-15(18-11)16(17)12-5-7-13(8-6-12)19-14-9-10-14/h2-8,14,16H,9-10,17H2,1H3. The lowest BCUT2D eigenvalue weighted by Gasteiger charge is -2.13. The van der Waals surface area contributed by atoms with Gasteiger partial charge in [-0.1, -0.05) is 18.2 Å². The number of hydrogen-bond donors (Lipinski definition) is 1. The number of hydrogen-bond acceptors (Lipinski definition) is 3. The molecule has 0 radical (unpaired) electrons. The maximum absolute atomic E-state index is 6.25. The Hall–Kier alpha value is -1.87. The lowest BCUT2D eigenvalue weighted by molar-refractivity contribution is 0.303. The summed E-state index contributed by atoms with van der Waals surface area (Å²) >= 11 is 0. The Balaban J connectivity index is 1.77. The van der Waals surface area contributed by atoms with Gasteiger partial charge in [-0.25, -0.2) is 0 Å². The molecule has 1 aliphatic carbocycles. The second-order valence-corrected chi connectivity index (χ2v) is 5.07. The summed E-state index contributed by atoms with van der Waals surface area (Å²) in [6.45, 7) is 1.97. The average molecular weight is 254 g/mol. The summed E-state index contributed by atoms with van der Waals surface area (Å²) in [5.41, 5.74) is 9.19. The van der Waals surface area contributed by atoms with Crippen molar-refractivity contribution in [2.45, 2.75) is 31.9 Å². The molecule has 1 saturated carbocycles. The Morgan fingerprint density at radius 2 is 1.89 bits per heavy atom. The first-order valence-electron chi connectivity index (χ1n) is 6.68. The molecule has 98 valence electrons. The molecule has 0 spiro atoms. The van der Waals surface area contributed by atoms with Gasteiger partial charge in [0.15, 0.2) is 0 Å². The zero-order valence-corrected chi connectivity index (χ0v) is 11.0. The maximum Gasteiger partial charge on any atom is 0.119 e. The summed E-state index contributed by atoms with van der Waals surface area (Å²) in [6.07, 6.45) is 2.78. The molecule has 1 aromatic carbocycles. The van der Waals surface area contributed by atoms with E-state index in [1.54, 1.807) is 0 Å². The number of pyridine rings is 1. The monoisotopic (exact) mass is 254 g/mol. The van der Waals surface area contributed by atoms with Crippen LogP contribution < -0.4 is 10.5 Å². The molecular formula is C16H18N2O. The van der Waals surface area contributed by atoms with Gasteiger partial charge >= 0.3 is 0 Å². The van der Waals surface area contributed by atoms with E-state index >= 15 is 0 Å². The Morgan fingerprint density at radius 3 is 2.53 bits per heavy atom. The van der Waals surface area contributed by atoms with E-state index in [-0.39, 0.29) is 6.04 Å². The third-order valence-corrected chi connectivity index (χ3v) is 3.29. The van der Waals surface area contributed by atoms with E-state index in [0.717, 1.165) is 22.7 Å². The smallest absolute Gasteiger partial charge is 0.119 e. The van der Waals surface area contributed by atoms with Gasteiger partial charge in [-0.3, -0.25) is 4.98 Å². The molecule has 2 N–H and O–H groups in total. The molecule has 3 nitrogen and oxygen atoms in total. The second kappa shape index (κ2) is 5.02. The molecule has 19 heavy (non-hydrogen) atoms. The SMILES string of the molecule is Cc1cccc(C(N)c2ccc(OC3CC3)cc2)n1. The second-order valence-electron chi connectivity index (χ2n) is 5.07. The lowest BCUT2D eigenvalue weighted by atomic mass is 10.0. The van der Waals surface area contributed by atoms with Gasteiger partial charge < -0.3 is 10.5 Å². The summed E-state index contributed by atoms with van der Waals surface area (Å²) in [5.74, 6) is 0.927. The van der Waals surface area contributed by atoms with Crippen molar-refractivity contribution in [2.75, 3.05) is 0 Å². The molecule has 3 heteroatoms. The van der Waals surface area contributed by atoms with Crippen LogP contribution in [0.1, 0.15) is 35.8 Å². The number of benzene rings is 1. The molecule has 1 atom stereocenters. The average Bonchev–Trinajstić information content (AvgIpc) is 3.23. The number of ether oxygens (including phenoxy) is 1. The predicted molar refractivity (Wildman–Crippen MR) is 75.1 cm³/mol. The molecule has 0 bridgehead atoms. The van der Waals surface area contributed by atoms with Crippen LogP contribution in [-0.2, 0) is 0 Å². The minimum absolute atomic E-state index is 0.185. The zero-order chi connectivity index (χ0) is 13.2. The minimum Gasteiger partial charge on any atom is -0.490 e. The van der Waals surface area contributed by atoms with Crippen LogP contribution >= 0.6 is 0 Å². The van der Waals surface area contributed by atoms with Crippen molar-refractivity contribution in [1.29, 1.82) is 0 Å². The minimum atomic E-state index is -0.185. The lowest BCUT2D eigenvalue weighted by Crippen LogP contribution is -2.13. The third kappa shape index (κ3) is 2.93. The van der Waals surface area contributed by atoms with E-state index in [1.807, 2.05) is 49.4 Å². The molecule has 3 rings (SSSR count). The molecule has 2 aromatic rings. The first kappa shape index (κ1) is 12.2. The van der Waals surface area contributed by atoms with E-state index in [0.29, 0.717) is 6.10 Å². The number of aromatic nitrogens is 1. The summed E-state index contributed by atoms with van der Waals surface area (Å²) < 4.78 is 5.73. The number of nitrogens with zero attached hydrogens (tertiary/aromatic N) is 1. The highest BCUT2D eigenvalue weighted by Crippen LogP contribution is 2.28. The largest absolute Gasteiger partial charge is 0.490 e. The molecule has 0 saturated heterocycles. The van der Waals surface area contributed by atoms with E-state index in [2.05, 4.69) is 4.98 Å². The summed E-state index contributed by atoms with van der Waals surface area (Å²) in [6, 6.07) is 13.8. The molecule has 1 unspecified atom stereocenters. The van der Waals surface area contributed by atoms with E-state index in [1.165, 1.54) is 12.8 Å². The van der Waals surface area contributed by atoms with Gasteiger partial charge in [-0.05, 0) is 49.6 Å². The zero-order valence-electron chi connectivity index (χ0n) is 11.0. The van der Waals surface area contributed by atoms with Crippen molar-refractivity contribution < 1.29 is 4.74 Å². The van der Waals surface area contributed by atoms with E-state index in [4.69, 9.17) is 10.5 Å². The molecule has 0 aliphatic heterocycles. The predicted octanol–water partition coefficient (Wildman–Crippen LogP) is 2.98. The number of aryl methyl sites for hydroxylation is 1. The van der Waals surface area contributed by atoms with Crippen LogP contribution in [0.2, 0.25) is 0 Å². The van der Waals surface area contributed by atoms with Crippen molar-refractivity contribution in [3.63, 3.8) is 0 Å². The fourth-order valence-electron chi connectivity index (χ4n) is 2.04. The van der Waals surface area contributed by atoms with Crippen LogP contribution in [0.15, 0.2) is 42.5 Å². The first-order valence-corrected chi connectivity index (χ1v) is 6.68. The fourth-order valence-corrected chi connectivity index (χ4v) is 2.04. The van der Waals surface area contributed by atoms with Crippen molar-refractivity contribution in [1.82, 2.24) is 4.98 Å². The Kier molecular flexibility index (Phi) is 3.22. The Morgan fingerprint density at radius 1 is 1.16 bits per heavy atom. The van der Waals surface area contributed by atoms with Crippen LogP contribution in [0.5, 0.6) is 5.75 Å². The van der Waals surface area contributed by atoms with E-state index in [9.17, 15) is 0 Å². The Bertz CT molecular complexity index is 561. The normalized spacial score (nSPS) is 16.1. The first-order chi connectivity index (χ1) is 9.22. The van der Waals surface area contributed by atoms with Gasteiger partial charge in [0.25, 0.3) is 0 Å². The van der Waals surface area contributed by atoms with Gasteiger partial charge in [-0.15, -0.1) is 0 Å². The third-order valence-electron chi connectivity index (χ3n) is 3.29. The van der Waals surface area contributed by atoms with Crippen molar-refractivity contribution >= 4 is 0 Å². The molecule has 1 heterocycles. The summed E-state index contributed by atoms with van der Waals surface area (Å²) in [4.78, 5) is 4.47. The topological polar surface area (TPSA) is 48.1 Å². The molecular weight excluding hydrogens is 236 g/mol. The van der Waals surface area contributed by atoms with Crippen LogP contribution in [-0.4, -0.2) is 11.1 Å². The highest BCUT2D eigenvalue weighted by molar-refractivity contribution is 5.33. The van der Waals surface area contributed by atoms with Crippen LogP contribution in [0, 0.1) is 6.92 Å². The highest BCUT2D eigenvalue weighted by atomic mass is 16.5. The van der Waals surface area contributed by atoms with Crippen LogP contribution in [0.4, 0.5) is 0 Å². The summed E-state index contributed by atoms with van der Waals surface area (Å²) in [5, 5.41) is 0. The van der Waals surface area contributed by atoms with Crippen LogP contribution in [0.25, 0.3) is 0 Å². The van der Waals surface area contributed by atoms with Crippen LogP contribution in [0.3, 0.4) is 0 Å². The van der Waals surface area contributed by atoms with Gasteiger partial charge in [-0.2, -0.15) is 0 Å². The summed E-state index contributed by atoms with van der Waals surface area (Å²) in [7, 11) is 0. The number of rotatable bonds is 4. The quantitative estimate of drug-likeness (QED) is 0.912. The molecule has 1 aliphatic rings. The Labute approximate surface area is 113 Å². The highest BCUT2D eigenvalue weighted by Gasteiger charge is 2.23. The molecule has 0 amide bonds. The van der Waals surface area contributed by atoms with Gasteiger partial charge in [0, 0.05) is 5.69 Å². The van der Waals surface area contributed by atoms with Crippen molar-refractivity contribution in [3.8, 4) is 5.75 Å². The fraction of sp³-hybridized carbons (Fsp3) is 0.312. The molecule has 1 aromatic heterocycles. The number of nitrogens with two attached hydrogens (primary N) is 1. The van der Waals surface area contributed by atoms with E-state index < -0.39 is 0 Å². The van der Waals surface area contributed by atoms with Crippen molar-refractivity contribution in [3.05, 3.63) is 59.4 Å². The van der Waals surface area contributed by atoms with Gasteiger partial charge in [0.05, 0.1) is 17.8 Å². The van der Waals surface area contributed by atoms with Gasteiger partial charge in [0.1, 0.15) is 5.75 Å². The van der Waals surface area contributed by atoms with Crippen molar-refractivity contribution in [2.24, 2.45) is 5.73 Å². The maximum atomic E-state index is 6.25. The molecule has 1 fully saturated rings.